The van der Waals surface area contributed by atoms with Crippen LogP contribution in [0.2, 0.25) is 20.1 Å². The molecular formula is C26H22Cl4N4O6. The normalized spacial score (nSPS) is 11.0. The second kappa shape index (κ2) is 13.3. The number of aromatic nitrogens is 2. The van der Waals surface area contributed by atoms with E-state index in [1.807, 2.05) is 0 Å². The van der Waals surface area contributed by atoms with Gasteiger partial charge in [0.1, 0.15) is 24.2 Å². The number of benzene rings is 2. The maximum absolute atomic E-state index is 12.0. The SMILES string of the molecule is O=C(NCCCCNC(=O)OCc1ccc2c(Cl)cc(Cl)c(O)c2n1)OCc1ccc2c(Cl)cc(Cl)c(O)c2n1. The van der Waals surface area contributed by atoms with Gasteiger partial charge in [-0.05, 0) is 49.2 Å². The van der Waals surface area contributed by atoms with Gasteiger partial charge in [-0.15, -0.1) is 0 Å². The lowest BCUT2D eigenvalue weighted by atomic mass is 10.2. The van der Waals surface area contributed by atoms with Crippen LogP contribution in [0, 0.1) is 0 Å². The first-order valence-electron chi connectivity index (χ1n) is 11.9. The molecule has 210 valence electrons. The number of rotatable bonds is 9. The van der Waals surface area contributed by atoms with E-state index in [1.54, 1.807) is 24.3 Å². The van der Waals surface area contributed by atoms with Gasteiger partial charge in [-0.1, -0.05) is 46.4 Å². The Labute approximate surface area is 248 Å². The molecule has 0 radical (unpaired) electrons. The van der Waals surface area contributed by atoms with Crippen molar-refractivity contribution in [3.8, 4) is 11.5 Å². The summed E-state index contributed by atoms with van der Waals surface area (Å²) in [6, 6.07) is 9.43. The lowest BCUT2D eigenvalue weighted by Crippen LogP contribution is -2.28. The van der Waals surface area contributed by atoms with Crippen LogP contribution in [0.3, 0.4) is 0 Å². The maximum Gasteiger partial charge on any atom is 0.407 e. The standard InChI is InChI=1S/C26H22Cl4N4O6/c27-17-9-19(29)23(35)21-15(17)5-3-13(33-21)11-39-25(37)31-7-1-2-8-32-26(38)40-12-14-4-6-16-18(28)10-20(30)24(36)22(16)34-14/h3-6,9-10,35-36H,1-2,7-8,11-12H2,(H,31,37)(H,32,38). The molecular weight excluding hydrogens is 606 g/mol. The average molecular weight is 628 g/mol. The van der Waals surface area contributed by atoms with Gasteiger partial charge in [0.05, 0.1) is 31.5 Å². The van der Waals surface area contributed by atoms with Crippen LogP contribution in [-0.4, -0.2) is 45.5 Å². The first-order valence-corrected chi connectivity index (χ1v) is 13.4. The van der Waals surface area contributed by atoms with E-state index in [-0.39, 0.29) is 45.8 Å². The second-order valence-corrected chi connectivity index (χ2v) is 10.1. The van der Waals surface area contributed by atoms with Gasteiger partial charge < -0.3 is 30.3 Å². The molecule has 2 heterocycles. The third kappa shape index (κ3) is 7.19. The molecule has 2 aromatic heterocycles. The smallest absolute Gasteiger partial charge is 0.407 e. The van der Waals surface area contributed by atoms with Gasteiger partial charge in [-0.2, -0.15) is 0 Å². The number of unbranched alkanes of at least 4 members (excludes halogenated alkanes) is 1. The van der Waals surface area contributed by atoms with Gasteiger partial charge in [0.15, 0.2) is 11.5 Å². The van der Waals surface area contributed by atoms with Gasteiger partial charge in [0.2, 0.25) is 0 Å². The number of halogens is 4. The van der Waals surface area contributed by atoms with E-state index >= 15 is 0 Å². The van der Waals surface area contributed by atoms with E-state index in [2.05, 4.69) is 20.6 Å². The predicted molar refractivity (Wildman–Crippen MR) is 152 cm³/mol. The summed E-state index contributed by atoms with van der Waals surface area (Å²) in [6.45, 7) is 0.402. The summed E-state index contributed by atoms with van der Waals surface area (Å²) < 4.78 is 10.3. The van der Waals surface area contributed by atoms with Crippen molar-refractivity contribution in [2.75, 3.05) is 13.1 Å². The van der Waals surface area contributed by atoms with Crippen LogP contribution in [-0.2, 0) is 22.7 Å². The van der Waals surface area contributed by atoms with Crippen LogP contribution in [0.4, 0.5) is 9.59 Å². The molecule has 0 saturated carbocycles. The molecule has 0 saturated heterocycles. The molecule has 0 atom stereocenters. The molecule has 0 spiro atoms. The number of nitrogens with one attached hydrogen (secondary N) is 2. The van der Waals surface area contributed by atoms with Gasteiger partial charge in [0.25, 0.3) is 0 Å². The fourth-order valence-electron chi connectivity index (χ4n) is 3.66. The quantitative estimate of drug-likeness (QED) is 0.149. The number of phenolic OH excluding ortho intramolecular Hbond substituents is 2. The van der Waals surface area contributed by atoms with E-state index in [1.165, 1.54) is 12.1 Å². The van der Waals surface area contributed by atoms with Crippen molar-refractivity contribution in [2.24, 2.45) is 0 Å². The molecule has 0 aliphatic carbocycles. The Kier molecular flexibility index (Phi) is 9.80. The first kappa shape index (κ1) is 29.5. The molecule has 2 aromatic carbocycles. The number of carbonyl (C=O) groups is 2. The van der Waals surface area contributed by atoms with Crippen molar-refractivity contribution >= 4 is 80.4 Å². The second-order valence-electron chi connectivity index (χ2n) is 8.49. The fourth-order valence-corrected chi connectivity index (χ4v) is 4.69. The van der Waals surface area contributed by atoms with Crippen LogP contribution < -0.4 is 10.6 Å². The number of carbonyl (C=O) groups excluding carboxylic acids is 2. The number of fused-ring (bicyclic) bond motifs is 2. The van der Waals surface area contributed by atoms with E-state index in [0.717, 1.165) is 0 Å². The van der Waals surface area contributed by atoms with Crippen LogP contribution in [0.1, 0.15) is 24.2 Å². The van der Waals surface area contributed by atoms with Crippen molar-refractivity contribution in [1.29, 1.82) is 0 Å². The summed E-state index contributed by atoms with van der Waals surface area (Å²) in [5, 5.41) is 27.3. The number of nitrogens with zero attached hydrogens (tertiary/aromatic N) is 2. The number of phenols is 2. The van der Waals surface area contributed by atoms with Crippen LogP contribution >= 0.6 is 46.4 Å². The van der Waals surface area contributed by atoms with Crippen molar-refractivity contribution in [2.45, 2.75) is 26.1 Å². The number of amides is 2. The Morgan fingerprint density at radius 1 is 0.675 bits per heavy atom. The lowest BCUT2D eigenvalue weighted by molar-refractivity contribution is 0.136. The molecule has 4 N–H and O–H groups in total. The molecule has 40 heavy (non-hydrogen) atoms. The maximum atomic E-state index is 12.0. The van der Waals surface area contributed by atoms with Gasteiger partial charge in [-0.3, -0.25) is 0 Å². The Morgan fingerprint density at radius 3 is 1.48 bits per heavy atom. The zero-order valence-corrected chi connectivity index (χ0v) is 23.7. The third-order valence-electron chi connectivity index (χ3n) is 5.67. The molecule has 0 fully saturated rings. The summed E-state index contributed by atoms with van der Waals surface area (Å²) in [5.74, 6) is -0.405. The summed E-state index contributed by atoms with van der Waals surface area (Å²) in [5.41, 5.74) is 1.24. The fraction of sp³-hybridized carbons (Fsp3) is 0.231. The van der Waals surface area contributed by atoms with E-state index in [9.17, 15) is 19.8 Å². The Balaban J connectivity index is 1.12. The van der Waals surface area contributed by atoms with Crippen molar-refractivity contribution in [3.63, 3.8) is 0 Å². The van der Waals surface area contributed by atoms with Crippen LogP contribution in [0.25, 0.3) is 21.8 Å². The topological polar surface area (TPSA) is 143 Å². The van der Waals surface area contributed by atoms with E-state index in [4.69, 9.17) is 55.9 Å². The molecule has 4 rings (SSSR count). The van der Waals surface area contributed by atoms with E-state index < -0.39 is 12.2 Å². The number of aromatic hydroxyl groups is 2. The molecule has 2 amide bonds. The third-order valence-corrected chi connectivity index (χ3v) is 6.87. The molecule has 0 bridgehead atoms. The highest BCUT2D eigenvalue weighted by molar-refractivity contribution is 6.40. The zero-order chi connectivity index (χ0) is 28.8. The first-order chi connectivity index (χ1) is 19.1. The molecule has 14 heteroatoms. The highest BCUT2D eigenvalue weighted by Crippen LogP contribution is 2.37. The minimum atomic E-state index is -0.640. The summed E-state index contributed by atoms with van der Waals surface area (Å²) in [4.78, 5) is 32.5. The average Bonchev–Trinajstić information content (AvgIpc) is 2.94. The highest BCUT2D eigenvalue weighted by Gasteiger charge is 2.14. The number of hydrogen-bond acceptors (Lipinski definition) is 8. The van der Waals surface area contributed by atoms with Gasteiger partial charge >= 0.3 is 12.2 Å². The Bertz CT molecular complexity index is 1470. The van der Waals surface area contributed by atoms with Crippen LogP contribution in [0.15, 0.2) is 36.4 Å². The number of hydrogen-bond donors (Lipinski definition) is 4. The molecule has 0 aliphatic heterocycles. The Hall–Kier alpha value is -3.44. The lowest BCUT2D eigenvalue weighted by Gasteiger charge is -2.10. The summed E-state index contributed by atoms with van der Waals surface area (Å²) in [6.07, 6.45) is -0.138. The minimum absolute atomic E-state index is 0.0724. The molecule has 10 nitrogen and oxygen atoms in total. The zero-order valence-electron chi connectivity index (χ0n) is 20.6. The number of ether oxygens (including phenoxy) is 2. The number of pyridine rings is 2. The molecule has 0 aliphatic rings. The molecule has 4 aromatic rings. The molecule has 0 unspecified atom stereocenters. The summed E-state index contributed by atoms with van der Waals surface area (Å²) in [7, 11) is 0. The van der Waals surface area contributed by atoms with Crippen LogP contribution in [0.5, 0.6) is 11.5 Å². The largest absolute Gasteiger partial charge is 0.504 e. The van der Waals surface area contributed by atoms with Crippen molar-refractivity contribution < 1.29 is 29.3 Å². The van der Waals surface area contributed by atoms with Gasteiger partial charge in [0, 0.05) is 23.9 Å². The van der Waals surface area contributed by atoms with Gasteiger partial charge in [-0.25, -0.2) is 19.6 Å². The summed E-state index contributed by atoms with van der Waals surface area (Å²) >= 11 is 24.1. The predicted octanol–water partition coefficient (Wildman–Crippen LogP) is 6.74. The van der Waals surface area contributed by atoms with Crippen molar-refractivity contribution in [3.05, 3.63) is 67.9 Å². The van der Waals surface area contributed by atoms with Crippen molar-refractivity contribution in [1.82, 2.24) is 20.6 Å². The Morgan fingerprint density at radius 2 is 1.07 bits per heavy atom. The van der Waals surface area contributed by atoms with E-state index in [0.29, 0.717) is 58.1 Å². The monoisotopic (exact) mass is 626 g/mol. The highest BCUT2D eigenvalue weighted by atomic mass is 35.5. The number of alkyl carbamates (subject to hydrolysis) is 2. The minimum Gasteiger partial charge on any atom is -0.504 e.